The van der Waals surface area contributed by atoms with E-state index in [4.69, 9.17) is 25.8 Å². The van der Waals surface area contributed by atoms with Gasteiger partial charge in [-0.2, -0.15) is 0 Å². The van der Waals surface area contributed by atoms with E-state index in [2.05, 4.69) is 5.32 Å². The number of ether oxygens (including phenoxy) is 3. The second-order valence-corrected chi connectivity index (χ2v) is 5.62. The molecule has 7 nitrogen and oxygen atoms in total. The lowest BCUT2D eigenvalue weighted by Crippen LogP contribution is -2.34. The predicted octanol–water partition coefficient (Wildman–Crippen LogP) is 3.41. The molecule has 1 atom stereocenters. The monoisotopic (exact) mass is 379 g/mol. The van der Waals surface area contributed by atoms with Gasteiger partial charge in [0, 0.05) is 0 Å². The highest BCUT2D eigenvalue weighted by Gasteiger charge is 2.25. The molecule has 0 spiro atoms. The SMILES string of the molecule is COc1cc([C@H](NC(=O)OCc2ccccc2)C(=O)O)cc(Cl)c1OC. The summed E-state index contributed by atoms with van der Waals surface area (Å²) in [6, 6.07) is 10.5. The number of benzene rings is 2. The number of rotatable bonds is 7. The first-order valence-electron chi connectivity index (χ1n) is 7.57. The Morgan fingerprint density at radius 3 is 2.42 bits per heavy atom. The van der Waals surface area contributed by atoms with Crippen LogP contribution in [0, 0.1) is 0 Å². The summed E-state index contributed by atoms with van der Waals surface area (Å²) in [6.07, 6.45) is -0.868. The Morgan fingerprint density at radius 2 is 1.85 bits per heavy atom. The third kappa shape index (κ3) is 4.80. The van der Waals surface area contributed by atoms with Gasteiger partial charge in [-0.05, 0) is 23.3 Å². The van der Waals surface area contributed by atoms with E-state index >= 15 is 0 Å². The Hall–Kier alpha value is -2.93. The summed E-state index contributed by atoms with van der Waals surface area (Å²) in [7, 11) is 2.81. The lowest BCUT2D eigenvalue weighted by Gasteiger charge is -2.18. The maximum atomic E-state index is 12.0. The number of carbonyl (C=O) groups excluding carboxylic acids is 1. The van der Waals surface area contributed by atoms with Gasteiger partial charge in [0.15, 0.2) is 17.5 Å². The van der Waals surface area contributed by atoms with Crippen LogP contribution in [0.25, 0.3) is 0 Å². The van der Waals surface area contributed by atoms with Gasteiger partial charge in [0.1, 0.15) is 6.61 Å². The Morgan fingerprint density at radius 1 is 1.15 bits per heavy atom. The zero-order chi connectivity index (χ0) is 19.1. The minimum Gasteiger partial charge on any atom is -0.493 e. The van der Waals surface area contributed by atoms with E-state index < -0.39 is 18.1 Å². The van der Waals surface area contributed by atoms with Crippen molar-refractivity contribution in [3.05, 3.63) is 58.6 Å². The first-order valence-corrected chi connectivity index (χ1v) is 7.95. The van der Waals surface area contributed by atoms with Gasteiger partial charge in [0.25, 0.3) is 0 Å². The summed E-state index contributed by atoms with van der Waals surface area (Å²) in [6.45, 7) is 0.0195. The molecule has 0 aliphatic carbocycles. The molecule has 0 heterocycles. The summed E-state index contributed by atoms with van der Waals surface area (Å²) in [4.78, 5) is 23.6. The molecule has 2 N–H and O–H groups in total. The minimum absolute atomic E-state index is 0.0195. The van der Waals surface area contributed by atoms with Gasteiger partial charge in [-0.1, -0.05) is 41.9 Å². The molecule has 0 bridgehead atoms. The van der Waals surface area contributed by atoms with Gasteiger partial charge in [-0.15, -0.1) is 0 Å². The summed E-state index contributed by atoms with van der Waals surface area (Å²) < 4.78 is 15.3. The van der Waals surface area contributed by atoms with E-state index in [1.165, 1.54) is 26.4 Å². The number of amides is 1. The molecule has 26 heavy (non-hydrogen) atoms. The molecular weight excluding hydrogens is 362 g/mol. The summed E-state index contributed by atoms with van der Waals surface area (Å²) in [5, 5.41) is 11.9. The van der Waals surface area contributed by atoms with Crippen LogP contribution >= 0.6 is 11.6 Å². The van der Waals surface area contributed by atoms with E-state index in [0.717, 1.165) is 5.56 Å². The first-order chi connectivity index (χ1) is 12.5. The number of halogens is 1. The molecule has 0 saturated carbocycles. The number of carbonyl (C=O) groups is 2. The topological polar surface area (TPSA) is 94.1 Å². The molecule has 0 saturated heterocycles. The Kier molecular flexibility index (Phi) is 6.68. The largest absolute Gasteiger partial charge is 0.493 e. The predicted molar refractivity (Wildman–Crippen MR) is 94.7 cm³/mol. The number of alkyl carbamates (subject to hydrolysis) is 1. The summed E-state index contributed by atoms with van der Waals surface area (Å²) >= 11 is 6.10. The van der Waals surface area contributed by atoms with Crippen molar-refractivity contribution in [3.8, 4) is 11.5 Å². The van der Waals surface area contributed by atoms with Crippen molar-refractivity contribution in [1.29, 1.82) is 0 Å². The van der Waals surface area contributed by atoms with Crippen molar-refractivity contribution in [2.45, 2.75) is 12.6 Å². The molecule has 1 amide bonds. The average Bonchev–Trinajstić information content (AvgIpc) is 2.64. The van der Waals surface area contributed by atoms with E-state index in [1.54, 1.807) is 12.1 Å². The molecule has 0 unspecified atom stereocenters. The minimum atomic E-state index is -1.37. The number of carboxylic acid groups (broad SMARTS) is 1. The second-order valence-electron chi connectivity index (χ2n) is 5.22. The molecule has 0 fully saturated rings. The average molecular weight is 380 g/mol. The number of nitrogens with one attached hydrogen (secondary N) is 1. The van der Waals surface area contributed by atoms with Crippen LogP contribution in [-0.2, 0) is 16.1 Å². The van der Waals surface area contributed by atoms with Crippen molar-refractivity contribution < 1.29 is 28.9 Å². The fourth-order valence-electron chi connectivity index (χ4n) is 2.27. The van der Waals surface area contributed by atoms with Crippen molar-refractivity contribution in [1.82, 2.24) is 5.32 Å². The fourth-order valence-corrected chi connectivity index (χ4v) is 2.57. The van der Waals surface area contributed by atoms with E-state index in [1.807, 2.05) is 18.2 Å². The van der Waals surface area contributed by atoms with Gasteiger partial charge in [0.2, 0.25) is 0 Å². The lowest BCUT2D eigenvalue weighted by atomic mass is 10.1. The molecule has 8 heteroatoms. The molecule has 0 aromatic heterocycles. The molecule has 2 rings (SSSR count). The van der Waals surface area contributed by atoms with Crippen molar-refractivity contribution in [2.24, 2.45) is 0 Å². The Bertz CT molecular complexity index is 781. The fraction of sp³-hybridized carbons (Fsp3) is 0.222. The smallest absolute Gasteiger partial charge is 0.408 e. The van der Waals surface area contributed by atoms with Crippen LogP contribution in [0.1, 0.15) is 17.2 Å². The van der Waals surface area contributed by atoms with E-state index in [0.29, 0.717) is 0 Å². The highest BCUT2D eigenvalue weighted by atomic mass is 35.5. The van der Waals surface area contributed by atoms with Crippen LogP contribution in [0.2, 0.25) is 5.02 Å². The van der Waals surface area contributed by atoms with Crippen molar-refractivity contribution >= 4 is 23.7 Å². The molecular formula is C18H18ClNO6. The third-order valence-electron chi connectivity index (χ3n) is 3.51. The van der Waals surface area contributed by atoms with Crippen LogP contribution in [0.3, 0.4) is 0 Å². The lowest BCUT2D eigenvalue weighted by molar-refractivity contribution is -0.139. The number of methoxy groups -OCH3 is 2. The van der Waals surface area contributed by atoms with Gasteiger partial charge in [-0.25, -0.2) is 9.59 Å². The quantitative estimate of drug-likeness (QED) is 0.765. The van der Waals surface area contributed by atoms with E-state index in [9.17, 15) is 14.7 Å². The molecule has 0 aliphatic heterocycles. The Labute approximate surface area is 155 Å². The third-order valence-corrected chi connectivity index (χ3v) is 3.79. The van der Waals surface area contributed by atoms with E-state index in [-0.39, 0.29) is 28.7 Å². The number of aliphatic carboxylic acids is 1. The number of hydrogen-bond donors (Lipinski definition) is 2. The van der Waals surface area contributed by atoms with Gasteiger partial charge < -0.3 is 24.6 Å². The normalized spacial score (nSPS) is 11.3. The zero-order valence-electron chi connectivity index (χ0n) is 14.2. The molecule has 0 aliphatic rings. The van der Waals surface area contributed by atoms with Crippen molar-refractivity contribution in [3.63, 3.8) is 0 Å². The molecule has 2 aromatic carbocycles. The van der Waals surface area contributed by atoms with Crippen molar-refractivity contribution in [2.75, 3.05) is 14.2 Å². The van der Waals surface area contributed by atoms with Crippen LogP contribution < -0.4 is 14.8 Å². The highest BCUT2D eigenvalue weighted by Crippen LogP contribution is 2.37. The number of carboxylic acids is 1. The molecule has 0 radical (unpaired) electrons. The second kappa shape index (κ2) is 8.96. The van der Waals surface area contributed by atoms with Crippen LogP contribution in [-0.4, -0.2) is 31.4 Å². The van der Waals surface area contributed by atoms with Crippen LogP contribution in [0.5, 0.6) is 11.5 Å². The van der Waals surface area contributed by atoms with Gasteiger partial charge >= 0.3 is 12.1 Å². The maximum Gasteiger partial charge on any atom is 0.408 e. The van der Waals surface area contributed by atoms with Crippen LogP contribution in [0.4, 0.5) is 4.79 Å². The zero-order valence-corrected chi connectivity index (χ0v) is 14.9. The summed E-state index contributed by atoms with van der Waals surface area (Å²) in [5.41, 5.74) is 1.00. The molecule has 138 valence electrons. The Balaban J connectivity index is 2.15. The highest BCUT2D eigenvalue weighted by molar-refractivity contribution is 6.32. The van der Waals surface area contributed by atoms with Gasteiger partial charge in [-0.3, -0.25) is 0 Å². The maximum absolute atomic E-state index is 12.0. The first kappa shape index (κ1) is 19.4. The van der Waals surface area contributed by atoms with Crippen LogP contribution in [0.15, 0.2) is 42.5 Å². The number of hydrogen-bond acceptors (Lipinski definition) is 5. The summed E-state index contributed by atoms with van der Waals surface area (Å²) in [5.74, 6) is -0.751. The standard InChI is InChI=1S/C18H18ClNO6/c1-24-14-9-12(8-13(19)16(14)25-2)15(17(21)22)20-18(23)26-10-11-6-4-3-5-7-11/h3-9,15H,10H2,1-2H3,(H,20,23)(H,21,22)/t15-/m0/s1. The van der Waals surface area contributed by atoms with Gasteiger partial charge in [0.05, 0.1) is 19.2 Å². The molecule has 2 aromatic rings.